The van der Waals surface area contributed by atoms with Crippen LogP contribution in [0.4, 0.5) is 0 Å². The summed E-state index contributed by atoms with van der Waals surface area (Å²) in [5, 5.41) is 30.3. The third kappa shape index (κ3) is 4.27. The van der Waals surface area contributed by atoms with Crippen molar-refractivity contribution in [2.24, 2.45) is 29.1 Å². The minimum atomic E-state index is -0.742. The van der Waals surface area contributed by atoms with Gasteiger partial charge in [0.2, 0.25) is 0 Å². The van der Waals surface area contributed by atoms with Crippen molar-refractivity contribution >= 4 is 5.97 Å². The second-order valence-electron chi connectivity index (χ2n) is 9.64. The van der Waals surface area contributed by atoms with Crippen LogP contribution in [-0.2, 0) is 4.79 Å². The summed E-state index contributed by atoms with van der Waals surface area (Å²) in [5.74, 6) is 0.838. The van der Waals surface area contributed by atoms with Crippen molar-refractivity contribution in [3.8, 4) is 0 Å². The van der Waals surface area contributed by atoms with Crippen molar-refractivity contribution in [3.63, 3.8) is 0 Å². The van der Waals surface area contributed by atoms with Crippen LogP contribution in [0.25, 0.3) is 0 Å². The highest BCUT2D eigenvalue weighted by Crippen LogP contribution is 2.64. The molecular formula is C23H38O4. The van der Waals surface area contributed by atoms with E-state index in [0.717, 1.165) is 38.5 Å². The zero-order chi connectivity index (χ0) is 19.6. The largest absolute Gasteiger partial charge is 0.481 e. The Morgan fingerprint density at radius 3 is 2.63 bits per heavy atom. The Balaban J connectivity index is 1.61. The Morgan fingerprint density at radius 2 is 1.96 bits per heavy atom. The molecule has 0 spiro atoms. The zero-order valence-electron chi connectivity index (χ0n) is 17.1. The summed E-state index contributed by atoms with van der Waals surface area (Å²) < 4.78 is 0. The number of hydrogen-bond donors (Lipinski definition) is 3. The molecule has 0 amide bonds. The molecule has 3 N–H and O–H groups in total. The van der Waals surface area contributed by atoms with E-state index in [4.69, 9.17) is 5.11 Å². The molecule has 0 aromatic carbocycles. The summed E-state index contributed by atoms with van der Waals surface area (Å²) >= 11 is 0. The molecule has 0 radical (unpaired) electrons. The van der Waals surface area contributed by atoms with Crippen molar-refractivity contribution in [1.82, 2.24) is 0 Å². The van der Waals surface area contributed by atoms with E-state index in [0.29, 0.717) is 24.2 Å². The van der Waals surface area contributed by atoms with Gasteiger partial charge in [-0.2, -0.15) is 0 Å². The zero-order valence-corrected chi connectivity index (χ0v) is 17.1. The van der Waals surface area contributed by atoms with Gasteiger partial charge in [-0.05, 0) is 74.0 Å². The average molecular weight is 379 g/mol. The van der Waals surface area contributed by atoms with E-state index in [1.54, 1.807) is 0 Å². The summed E-state index contributed by atoms with van der Waals surface area (Å²) in [6.07, 6.45) is 12.1. The molecule has 0 aromatic rings. The SMILES string of the molecule is CC1C(=CCCC(=O)O)[C@]2(C)CC[C@H](O)[C@@H](CCC(O)C3CCCCC3)[C@H]12. The Kier molecular flexibility index (Phi) is 6.68. The highest BCUT2D eigenvalue weighted by atomic mass is 16.4. The molecule has 3 rings (SSSR count). The lowest BCUT2D eigenvalue weighted by atomic mass is 9.43. The average Bonchev–Trinajstić information content (AvgIpc) is 2.65. The number of aliphatic carboxylic acids is 1. The molecule has 154 valence electrons. The molecule has 6 atom stereocenters. The van der Waals surface area contributed by atoms with Crippen LogP contribution >= 0.6 is 0 Å². The topological polar surface area (TPSA) is 77.8 Å². The predicted octanol–water partition coefficient (Wildman–Crippen LogP) is 4.54. The first-order valence-corrected chi connectivity index (χ1v) is 11.1. The smallest absolute Gasteiger partial charge is 0.303 e. The maximum absolute atomic E-state index is 10.8. The first-order valence-electron chi connectivity index (χ1n) is 11.1. The molecule has 0 heterocycles. The third-order valence-electron chi connectivity index (χ3n) is 8.05. The molecule has 3 fully saturated rings. The van der Waals surface area contributed by atoms with Crippen molar-refractivity contribution in [2.75, 3.05) is 0 Å². The number of fused-ring (bicyclic) bond motifs is 1. The summed E-state index contributed by atoms with van der Waals surface area (Å²) in [7, 11) is 0. The Hall–Kier alpha value is -0.870. The minimum Gasteiger partial charge on any atom is -0.481 e. The molecular weight excluding hydrogens is 340 g/mol. The monoisotopic (exact) mass is 378 g/mol. The van der Waals surface area contributed by atoms with Crippen LogP contribution in [0, 0.1) is 29.1 Å². The van der Waals surface area contributed by atoms with Crippen LogP contribution < -0.4 is 0 Å². The Labute approximate surface area is 164 Å². The van der Waals surface area contributed by atoms with Gasteiger partial charge in [-0.15, -0.1) is 0 Å². The van der Waals surface area contributed by atoms with Crippen molar-refractivity contribution in [2.45, 2.75) is 96.7 Å². The van der Waals surface area contributed by atoms with Gasteiger partial charge in [0.05, 0.1) is 12.2 Å². The second-order valence-corrected chi connectivity index (χ2v) is 9.64. The molecule has 4 nitrogen and oxygen atoms in total. The van der Waals surface area contributed by atoms with Gasteiger partial charge in [0.25, 0.3) is 0 Å². The Morgan fingerprint density at radius 1 is 1.26 bits per heavy atom. The van der Waals surface area contributed by atoms with Gasteiger partial charge in [0.1, 0.15) is 0 Å². The van der Waals surface area contributed by atoms with Crippen LogP contribution in [-0.4, -0.2) is 33.5 Å². The number of hydrogen-bond acceptors (Lipinski definition) is 3. The molecule has 2 unspecified atom stereocenters. The number of carboxylic acids is 1. The van der Waals surface area contributed by atoms with Gasteiger partial charge >= 0.3 is 5.97 Å². The number of carbonyl (C=O) groups is 1. The fourth-order valence-corrected chi connectivity index (χ4v) is 6.68. The van der Waals surface area contributed by atoms with E-state index in [9.17, 15) is 15.0 Å². The van der Waals surface area contributed by atoms with Crippen LogP contribution in [0.3, 0.4) is 0 Å². The second kappa shape index (κ2) is 8.65. The van der Waals surface area contributed by atoms with E-state index in [1.165, 1.54) is 24.8 Å². The fourth-order valence-electron chi connectivity index (χ4n) is 6.68. The number of rotatable bonds is 7. The number of allylic oxidation sites excluding steroid dienone is 2. The lowest BCUT2D eigenvalue weighted by Crippen LogP contribution is -2.57. The lowest BCUT2D eigenvalue weighted by Gasteiger charge is -2.62. The van der Waals surface area contributed by atoms with E-state index < -0.39 is 5.97 Å². The fraction of sp³-hybridized carbons (Fsp3) is 0.870. The lowest BCUT2D eigenvalue weighted by molar-refractivity contribution is -0.136. The molecule has 4 heteroatoms. The number of carboxylic acid groups (broad SMARTS) is 1. The number of aliphatic hydroxyl groups excluding tert-OH is 2. The third-order valence-corrected chi connectivity index (χ3v) is 8.05. The summed E-state index contributed by atoms with van der Waals surface area (Å²) in [5.41, 5.74) is 1.51. The van der Waals surface area contributed by atoms with Crippen LogP contribution in [0.1, 0.15) is 84.5 Å². The van der Waals surface area contributed by atoms with Gasteiger partial charge in [-0.1, -0.05) is 44.8 Å². The molecule has 27 heavy (non-hydrogen) atoms. The maximum Gasteiger partial charge on any atom is 0.303 e. The van der Waals surface area contributed by atoms with E-state index in [1.807, 2.05) is 0 Å². The molecule has 0 aliphatic heterocycles. The first kappa shape index (κ1) is 20.9. The van der Waals surface area contributed by atoms with Crippen LogP contribution in [0.15, 0.2) is 11.6 Å². The van der Waals surface area contributed by atoms with Crippen molar-refractivity contribution in [1.29, 1.82) is 0 Å². The van der Waals surface area contributed by atoms with Gasteiger partial charge in [0, 0.05) is 6.42 Å². The van der Waals surface area contributed by atoms with E-state index in [-0.39, 0.29) is 30.0 Å². The van der Waals surface area contributed by atoms with Crippen LogP contribution in [0.5, 0.6) is 0 Å². The Bertz CT molecular complexity index is 551. The van der Waals surface area contributed by atoms with Gasteiger partial charge in [-0.25, -0.2) is 0 Å². The highest BCUT2D eigenvalue weighted by molar-refractivity contribution is 5.66. The quantitative estimate of drug-likeness (QED) is 0.568. The minimum absolute atomic E-state index is 0.109. The van der Waals surface area contributed by atoms with E-state index in [2.05, 4.69) is 19.9 Å². The maximum atomic E-state index is 10.8. The standard InChI is InChI=1S/C23H38O4/c1-15-18(9-6-10-21(26)27)23(2)14-13-20(25)17(22(15)23)11-12-19(24)16-7-4-3-5-8-16/h9,15-17,19-20,22,24-25H,3-8,10-14H2,1-2H3,(H,26,27)/t15?,17-,19?,20+,22+,23+/m1/s1. The first-order chi connectivity index (χ1) is 12.8. The van der Waals surface area contributed by atoms with E-state index >= 15 is 0 Å². The van der Waals surface area contributed by atoms with Gasteiger partial charge < -0.3 is 15.3 Å². The van der Waals surface area contributed by atoms with Gasteiger partial charge in [-0.3, -0.25) is 4.79 Å². The summed E-state index contributed by atoms with van der Waals surface area (Å²) in [6.45, 7) is 4.54. The highest BCUT2D eigenvalue weighted by Gasteiger charge is 2.58. The van der Waals surface area contributed by atoms with Gasteiger partial charge in [0.15, 0.2) is 0 Å². The predicted molar refractivity (Wildman–Crippen MR) is 106 cm³/mol. The normalized spacial score (nSPS) is 39.6. The molecule has 0 saturated heterocycles. The summed E-state index contributed by atoms with van der Waals surface area (Å²) in [4.78, 5) is 10.8. The molecule has 0 aromatic heterocycles. The van der Waals surface area contributed by atoms with Crippen LogP contribution in [0.2, 0.25) is 0 Å². The van der Waals surface area contributed by atoms with Crippen molar-refractivity contribution < 1.29 is 20.1 Å². The van der Waals surface area contributed by atoms with Crippen molar-refractivity contribution in [3.05, 3.63) is 11.6 Å². The number of aliphatic hydroxyl groups is 2. The molecule has 3 saturated carbocycles. The molecule has 0 bridgehead atoms. The molecule has 3 aliphatic rings. The molecule has 3 aliphatic carbocycles. The summed E-state index contributed by atoms with van der Waals surface area (Å²) in [6, 6.07) is 0.